The second kappa shape index (κ2) is 18.9. The number of hydrogen-bond acceptors (Lipinski definition) is 7. The summed E-state index contributed by atoms with van der Waals surface area (Å²) in [7, 11) is 3.20. The number of likely N-dealkylation sites (N-methyl/N-ethyl adjacent to an activating group) is 1. The highest BCUT2D eigenvalue weighted by Gasteiger charge is 2.40. The fraction of sp³-hybridized carbons (Fsp3) is 0.386. The third kappa shape index (κ3) is 9.75. The van der Waals surface area contributed by atoms with Gasteiger partial charge in [-0.05, 0) is 79.3 Å². The molecule has 1 aliphatic carbocycles. The fourth-order valence-electron chi connectivity index (χ4n) is 7.77. The number of imide groups is 1. The van der Waals surface area contributed by atoms with Crippen molar-refractivity contribution in [2.24, 2.45) is 11.8 Å². The van der Waals surface area contributed by atoms with Gasteiger partial charge in [0, 0.05) is 32.3 Å². The molecule has 5 atom stereocenters. The number of benzene rings is 3. The second-order valence-corrected chi connectivity index (χ2v) is 15.6. The van der Waals surface area contributed by atoms with E-state index in [2.05, 4.69) is 22.8 Å². The van der Waals surface area contributed by atoms with Crippen molar-refractivity contribution in [3.8, 4) is 5.75 Å². The number of unbranched alkanes of at least 4 members (excludes halogenated alkanes) is 1. The lowest BCUT2D eigenvalue weighted by Crippen LogP contribution is -2.56. The van der Waals surface area contributed by atoms with Crippen LogP contribution in [-0.2, 0) is 26.6 Å². The van der Waals surface area contributed by atoms with Gasteiger partial charge >= 0.3 is 0 Å². The molecule has 3 aliphatic rings. The van der Waals surface area contributed by atoms with Crippen molar-refractivity contribution in [1.82, 2.24) is 20.4 Å². The van der Waals surface area contributed by atoms with Crippen LogP contribution in [0.4, 0.5) is 0 Å². The second-order valence-electron chi connectivity index (χ2n) is 14.4. The maximum absolute atomic E-state index is 14.6. The number of carbonyl (C=O) groups is 5. The van der Waals surface area contributed by atoms with E-state index < -0.39 is 17.3 Å². The van der Waals surface area contributed by atoms with Crippen LogP contribution >= 0.6 is 11.8 Å². The molecule has 0 saturated carbocycles. The molecule has 0 aromatic heterocycles. The Morgan fingerprint density at radius 2 is 1.58 bits per heavy atom. The van der Waals surface area contributed by atoms with Gasteiger partial charge in [-0.1, -0.05) is 85.3 Å². The van der Waals surface area contributed by atoms with E-state index in [1.54, 1.807) is 43.3 Å². The molecule has 1 fully saturated rings. The van der Waals surface area contributed by atoms with Gasteiger partial charge in [0.05, 0.1) is 23.5 Å². The summed E-state index contributed by atoms with van der Waals surface area (Å²) in [6, 6.07) is 22.7. The molecule has 0 spiro atoms. The minimum absolute atomic E-state index is 0.118. The Hall–Kier alpha value is -5.16. The van der Waals surface area contributed by atoms with E-state index in [9.17, 15) is 24.0 Å². The van der Waals surface area contributed by atoms with Crippen LogP contribution in [0.5, 0.6) is 5.75 Å². The number of thioether (sulfide) groups is 1. The minimum Gasteiger partial charge on any atom is -0.497 e. The number of methoxy groups -OCH3 is 1. The van der Waals surface area contributed by atoms with Crippen molar-refractivity contribution in [3.05, 3.63) is 125 Å². The number of likely N-dealkylation sites (tertiary alicyclic amines) is 1. The first-order valence-corrected chi connectivity index (χ1v) is 20.2. The Kier molecular flexibility index (Phi) is 13.6. The van der Waals surface area contributed by atoms with E-state index in [4.69, 9.17) is 4.74 Å². The highest BCUT2D eigenvalue weighted by atomic mass is 32.2. The van der Waals surface area contributed by atoms with E-state index in [1.165, 1.54) is 16.7 Å². The van der Waals surface area contributed by atoms with Gasteiger partial charge in [-0.25, -0.2) is 0 Å². The van der Waals surface area contributed by atoms with E-state index >= 15 is 0 Å². The Balaban J connectivity index is 1.19. The topological polar surface area (TPSA) is 125 Å². The van der Waals surface area contributed by atoms with Gasteiger partial charge in [-0.15, -0.1) is 11.8 Å². The van der Waals surface area contributed by atoms with Crippen LogP contribution in [0.2, 0.25) is 0 Å². The van der Waals surface area contributed by atoms with Gasteiger partial charge in [0.1, 0.15) is 17.8 Å². The lowest BCUT2D eigenvalue weighted by Gasteiger charge is -2.32. The lowest BCUT2D eigenvalue weighted by molar-refractivity contribution is -0.142. The zero-order valence-electron chi connectivity index (χ0n) is 31.5. The fourth-order valence-corrected chi connectivity index (χ4v) is 8.91. The van der Waals surface area contributed by atoms with Gasteiger partial charge in [0.15, 0.2) is 0 Å². The SMILES string of the molecule is CNC(=O)C(Cc1ccccc1)N1CCC([C@@H]2C=CC=CC2)CC(NC(=O)C(CCCCN2C(=O)c3ccccc3C2=O)SCc2ccc(OC)cc2)C1=O. The Morgan fingerprint density at radius 3 is 2.24 bits per heavy atom. The summed E-state index contributed by atoms with van der Waals surface area (Å²) in [5, 5.41) is 5.45. The van der Waals surface area contributed by atoms with Crippen LogP contribution in [0.1, 0.15) is 70.4 Å². The first-order valence-electron chi connectivity index (χ1n) is 19.2. The average molecular weight is 763 g/mol. The summed E-state index contributed by atoms with van der Waals surface area (Å²) in [6.07, 6.45) is 12.4. The molecule has 2 aliphatic heterocycles. The van der Waals surface area contributed by atoms with Crippen LogP contribution in [-0.4, -0.2) is 83.9 Å². The van der Waals surface area contributed by atoms with Crippen LogP contribution in [0, 0.1) is 11.8 Å². The lowest BCUT2D eigenvalue weighted by atomic mass is 9.81. The molecular weight excluding hydrogens is 713 g/mol. The monoisotopic (exact) mass is 762 g/mol. The maximum Gasteiger partial charge on any atom is 0.261 e. The smallest absolute Gasteiger partial charge is 0.261 e. The molecule has 0 radical (unpaired) electrons. The molecule has 2 heterocycles. The molecular formula is C44H50N4O6S. The van der Waals surface area contributed by atoms with Crippen LogP contribution in [0.25, 0.3) is 0 Å². The molecule has 3 aromatic rings. The number of carbonyl (C=O) groups excluding carboxylic acids is 5. The normalized spacial score (nSPS) is 20.5. The molecule has 10 nitrogen and oxygen atoms in total. The van der Waals surface area contributed by atoms with Gasteiger partial charge in [0.2, 0.25) is 17.7 Å². The van der Waals surface area contributed by atoms with Gasteiger partial charge in [-0.3, -0.25) is 28.9 Å². The van der Waals surface area contributed by atoms with E-state index in [0.717, 1.165) is 23.3 Å². The highest BCUT2D eigenvalue weighted by Crippen LogP contribution is 2.33. The molecule has 1 saturated heterocycles. The quantitative estimate of drug-likeness (QED) is 0.136. The van der Waals surface area contributed by atoms with Crippen molar-refractivity contribution in [2.45, 2.75) is 68.0 Å². The molecule has 55 heavy (non-hydrogen) atoms. The first-order chi connectivity index (χ1) is 26.8. The van der Waals surface area contributed by atoms with E-state index in [1.807, 2.05) is 66.7 Å². The van der Waals surface area contributed by atoms with Crippen LogP contribution in [0.15, 0.2) is 103 Å². The van der Waals surface area contributed by atoms with E-state index in [-0.39, 0.29) is 47.9 Å². The van der Waals surface area contributed by atoms with Crippen LogP contribution in [0.3, 0.4) is 0 Å². The largest absolute Gasteiger partial charge is 0.497 e. The molecule has 11 heteroatoms. The predicted octanol–water partition coefficient (Wildman–Crippen LogP) is 5.98. The molecule has 0 bridgehead atoms. The molecule has 2 N–H and O–H groups in total. The predicted molar refractivity (Wildman–Crippen MR) is 214 cm³/mol. The van der Waals surface area contributed by atoms with Crippen molar-refractivity contribution in [1.29, 1.82) is 0 Å². The van der Waals surface area contributed by atoms with Gasteiger partial charge in [0.25, 0.3) is 11.8 Å². The Morgan fingerprint density at radius 1 is 0.873 bits per heavy atom. The van der Waals surface area contributed by atoms with E-state index in [0.29, 0.717) is 61.9 Å². The van der Waals surface area contributed by atoms with Crippen molar-refractivity contribution in [3.63, 3.8) is 0 Å². The number of nitrogens with one attached hydrogen (secondary N) is 2. The number of amides is 5. The molecule has 6 rings (SSSR count). The molecule has 288 valence electrons. The Bertz CT molecular complexity index is 1860. The first kappa shape index (κ1) is 39.5. The average Bonchev–Trinajstić information content (AvgIpc) is 3.35. The molecule has 5 amide bonds. The number of fused-ring (bicyclic) bond motifs is 1. The zero-order chi connectivity index (χ0) is 38.7. The maximum atomic E-state index is 14.6. The number of rotatable bonds is 16. The summed E-state index contributed by atoms with van der Waals surface area (Å²) in [5.74, 6) is 0.320. The summed E-state index contributed by atoms with van der Waals surface area (Å²) in [6.45, 7) is 0.662. The summed E-state index contributed by atoms with van der Waals surface area (Å²) >= 11 is 1.50. The number of allylic oxidation sites excluding steroid dienone is 4. The highest BCUT2D eigenvalue weighted by molar-refractivity contribution is 7.99. The Labute approximate surface area is 327 Å². The van der Waals surface area contributed by atoms with Crippen molar-refractivity contribution < 1.29 is 28.7 Å². The third-order valence-electron chi connectivity index (χ3n) is 10.9. The number of ether oxygens (including phenoxy) is 1. The number of hydrogen-bond donors (Lipinski definition) is 2. The molecule has 3 aromatic carbocycles. The van der Waals surface area contributed by atoms with Gasteiger partial charge in [-0.2, -0.15) is 0 Å². The summed E-state index contributed by atoms with van der Waals surface area (Å²) < 4.78 is 5.32. The summed E-state index contributed by atoms with van der Waals surface area (Å²) in [4.78, 5) is 71.3. The standard InChI is InChI=1S/C44H50N4O6S/c1-45-40(49)38(27-30-13-5-3-6-14-30)47-26-24-33(32-15-7-4-8-16-32)28-37(44(47)53)46-41(50)39(55-29-31-20-22-34(54-2)23-21-31)19-11-12-25-48-42(51)35-17-9-10-18-36(35)43(48)52/h3-10,13-15,17-18,20-23,32-33,37-39H,11-12,16,19,24-29H2,1-2H3,(H,45,49)(H,46,50)/t32-,33?,37?,38?,39?/m1/s1. The van der Waals surface area contributed by atoms with Crippen molar-refractivity contribution >= 4 is 41.3 Å². The zero-order valence-corrected chi connectivity index (χ0v) is 32.3. The van der Waals surface area contributed by atoms with Crippen molar-refractivity contribution in [2.75, 3.05) is 27.2 Å². The van der Waals surface area contributed by atoms with Crippen LogP contribution < -0.4 is 15.4 Å². The molecule has 4 unspecified atom stereocenters. The minimum atomic E-state index is -0.815. The number of nitrogens with zero attached hydrogens (tertiary/aromatic N) is 2. The summed E-state index contributed by atoms with van der Waals surface area (Å²) in [5.41, 5.74) is 2.81. The van der Waals surface area contributed by atoms with Gasteiger partial charge < -0.3 is 20.3 Å². The third-order valence-corrected chi connectivity index (χ3v) is 12.2.